The fourth-order valence-corrected chi connectivity index (χ4v) is 2.10. The fraction of sp³-hybridized carbons (Fsp3) is 0.143. The summed E-state index contributed by atoms with van der Waals surface area (Å²) in [5.41, 5.74) is 1.60. The van der Waals surface area contributed by atoms with Crippen molar-refractivity contribution in [1.29, 1.82) is 0 Å². The van der Waals surface area contributed by atoms with Crippen LogP contribution in [0.15, 0.2) is 28.8 Å². The Morgan fingerprint density at radius 2 is 1.90 bits per heavy atom. The molecule has 0 saturated carbocycles. The number of imide groups is 1. The van der Waals surface area contributed by atoms with Crippen molar-refractivity contribution < 1.29 is 18.9 Å². The topological polar surface area (TPSA) is 92.5 Å². The van der Waals surface area contributed by atoms with E-state index >= 15 is 0 Å². The van der Waals surface area contributed by atoms with E-state index < -0.39 is 5.91 Å². The van der Waals surface area contributed by atoms with Gasteiger partial charge in [-0.25, -0.2) is 0 Å². The van der Waals surface area contributed by atoms with Gasteiger partial charge in [0.05, 0.1) is 16.8 Å². The number of nitrogens with zero attached hydrogens (tertiary/aromatic N) is 2. The molecule has 0 spiro atoms. The summed E-state index contributed by atoms with van der Waals surface area (Å²) in [5.74, 6) is -1.13. The average Bonchev–Trinajstić information content (AvgIpc) is 2.98. The lowest BCUT2D eigenvalue weighted by molar-refractivity contribution is 0.0692. The van der Waals surface area contributed by atoms with E-state index in [0.29, 0.717) is 16.9 Å². The lowest BCUT2D eigenvalue weighted by Crippen LogP contribution is -2.24. The summed E-state index contributed by atoms with van der Waals surface area (Å²) in [4.78, 5) is 36.6. The van der Waals surface area contributed by atoms with Gasteiger partial charge in [-0.15, -0.1) is 0 Å². The molecule has 0 bridgehead atoms. The van der Waals surface area contributed by atoms with Crippen molar-refractivity contribution in [3.8, 4) is 0 Å². The molecule has 106 valence electrons. The molecule has 1 aliphatic heterocycles. The maximum absolute atomic E-state index is 11.9. The summed E-state index contributed by atoms with van der Waals surface area (Å²) in [6.45, 7) is 1.70. The van der Waals surface area contributed by atoms with E-state index in [1.807, 2.05) is 0 Å². The molecule has 3 rings (SSSR count). The van der Waals surface area contributed by atoms with Gasteiger partial charge in [0.15, 0.2) is 0 Å². The van der Waals surface area contributed by atoms with Crippen LogP contribution < -0.4 is 5.32 Å². The Hall–Kier alpha value is -2.96. The van der Waals surface area contributed by atoms with E-state index in [-0.39, 0.29) is 23.1 Å². The molecule has 1 aliphatic rings. The molecule has 0 unspecified atom stereocenters. The van der Waals surface area contributed by atoms with Crippen molar-refractivity contribution in [1.82, 2.24) is 10.1 Å². The number of hydrogen-bond donors (Lipinski definition) is 1. The minimum absolute atomic E-state index is 0.0764. The largest absolute Gasteiger partial charge is 0.351 e. The highest BCUT2D eigenvalue weighted by Gasteiger charge is 2.32. The Morgan fingerprint density at radius 1 is 1.19 bits per heavy atom. The molecule has 2 heterocycles. The third-order valence-electron chi connectivity index (χ3n) is 3.20. The van der Waals surface area contributed by atoms with Crippen molar-refractivity contribution in [3.05, 3.63) is 46.8 Å². The van der Waals surface area contributed by atoms with Gasteiger partial charge in [-0.1, -0.05) is 5.16 Å². The van der Waals surface area contributed by atoms with Crippen LogP contribution in [0.2, 0.25) is 0 Å². The van der Waals surface area contributed by atoms with Crippen molar-refractivity contribution in [2.75, 3.05) is 12.4 Å². The SMILES string of the molecule is Cc1cc(C(=O)Nc2ccc3c(c2)C(=O)N(C)C3=O)on1. The molecular weight excluding hydrogens is 274 g/mol. The van der Waals surface area contributed by atoms with E-state index in [0.717, 1.165) is 4.90 Å². The monoisotopic (exact) mass is 285 g/mol. The number of hydrogen-bond acceptors (Lipinski definition) is 5. The van der Waals surface area contributed by atoms with Crippen LogP contribution in [0.1, 0.15) is 37.0 Å². The van der Waals surface area contributed by atoms with Gasteiger partial charge in [0.1, 0.15) is 0 Å². The predicted octanol–water partition coefficient (Wildman–Crippen LogP) is 1.46. The molecule has 2 aromatic rings. The lowest BCUT2D eigenvalue weighted by atomic mass is 10.1. The Labute approximate surface area is 119 Å². The summed E-state index contributed by atoms with van der Waals surface area (Å²) in [6, 6.07) is 6.05. The molecular formula is C14H11N3O4. The molecule has 0 fully saturated rings. The number of nitrogens with one attached hydrogen (secondary N) is 1. The highest BCUT2D eigenvalue weighted by atomic mass is 16.5. The Bertz CT molecular complexity index is 778. The van der Waals surface area contributed by atoms with Crippen LogP contribution in [0.5, 0.6) is 0 Å². The molecule has 7 nitrogen and oxygen atoms in total. The van der Waals surface area contributed by atoms with E-state index in [9.17, 15) is 14.4 Å². The van der Waals surface area contributed by atoms with Gasteiger partial charge < -0.3 is 9.84 Å². The first kappa shape index (κ1) is 13.0. The number of amides is 3. The molecule has 1 aromatic carbocycles. The first-order valence-electron chi connectivity index (χ1n) is 6.18. The second-order valence-electron chi connectivity index (χ2n) is 4.72. The van der Waals surface area contributed by atoms with Crippen molar-refractivity contribution in [3.63, 3.8) is 0 Å². The summed E-state index contributed by atoms with van der Waals surface area (Å²) >= 11 is 0. The Balaban J connectivity index is 1.87. The van der Waals surface area contributed by atoms with Crippen molar-refractivity contribution in [2.24, 2.45) is 0 Å². The van der Waals surface area contributed by atoms with Crippen LogP contribution >= 0.6 is 0 Å². The molecule has 21 heavy (non-hydrogen) atoms. The molecule has 0 aliphatic carbocycles. The summed E-state index contributed by atoms with van der Waals surface area (Å²) < 4.78 is 4.85. The number of fused-ring (bicyclic) bond motifs is 1. The molecule has 1 aromatic heterocycles. The molecule has 0 saturated heterocycles. The Morgan fingerprint density at radius 3 is 2.57 bits per heavy atom. The molecule has 3 amide bonds. The lowest BCUT2D eigenvalue weighted by Gasteiger charge is -2.04. The first-order chi connectivity index (χ1) is 9.97. The second kappa shape index (κ2) is 4.55. The number of carbonyl (C=O) groups excluding carboxylic acids is 3. The van der Waals surface area contributed by atoms with Gasteiger partial charge >= 0.3 is 0 Å². The third kappa shape index (κ3) is 2.08. The van der Waals surface area contributed by atoms with Gasteiger partial charge in [-0.2, -0.15) is 0 Å². The average molecular weight is 285 g/mol. The second-order valence-corrected chi connectivity index (χ2v) is 4.72. The zero-order valence-electron chi connectivity index (χ0n) is 11.3. The standard InChI is InChI=1S/C14H11N3O4/c1-7-5-11(21-16-7)12(18)15-8-3-4-9-10(6-8)14(20)17(2)13(9)19/h3-6H,1-2H3,(H,15,18). The van der Waals surface area contributed by atoms with Crippen LogP contribution in [-0.2, 0) is 0 Å². The van der Waals surface area contributed by atoms with Gasteiger partial charge in [-0.3, -0.25) is 19.3 Å². The number of benzene rings is 1. The van der Waals surface area contributed by atoms with Gasteiger partial charge in [0.25, 0.3) is 17.7 Å². The molecule has 0 atom stereocenters. The zero-order chi connectivity index (χ0) is 15.1. The minimum Gasteiger partial charge on any atom is -0.351 e. The van der Waals surface area contributed by atoms with Gasteiger partial charge in [0, 0.05) is 18.8 Å². The number of anilines is 1. The van der Waals surface area contributed by atoms with Crippen molar-refractivity contribution >= 4 is 23.4 Å². The summed E-state index contributed by atoms with van der Waals surface area (Å²) in [6.07, 6.45) is 0. The maximum Gasteiger partial charge on any atom is 0.294 e. The smallest absolute Gasteiger partial charge is 0.294 e. The normalized spacial score (nSPS) is 13.5. The van der Waals surface area contributed by atoms with Crippen LogP contribution in [-0.4, -0.2) is 34.8 Å². The van der Waals surface area contributed by atoms with Crippen LogP contribution in [0.4, 0.5) is 5.69 Å². The minimum atomic E-state index is -0.472. The van der Waals surface area contributed by atoms with Gasteiger partial charge in [-0.05, 0) is 25.1 Å². The van der Waals surface area contributed by atoms with Gasteiger partial charge in [0.2, 0.25) is 5.76 Å². The summed E-state index contributed by atoms with van der Waals surface area (Å²) in [7, 11) is 1.42. The number of aromatic nitrogens is 1. The van der Waals surface area contributed by atoms with Crippen molar-refractivity contribution in [2.45, 2.75) is 6.92 Å². The zero-order valence-corrected chi connectivity index (χ0v) is 11.3. The number of carbonyl (C=O) groups is 3. The quantitative estimate of drug-likeness (QED) is 0.843. The number of rotatable bonds is 2. The highest BCUT2D eigenvalue weighted by Crippen LogP contribution is 2.25. The third-order valence-corrected chi connectivity index (χ3v) is 3.20. The van der Waals surface area contributed by atoms with E-state index in [4.69, 9.17) is 4.52 Å². The van der Waals surface area contributed by atoms with E-state index in [1.54, 1.807) is 13.0 Å². The molecule has 0 radical (unpaired) electrons. The summed E-state index contributed by atoms with van der Waals surface area (Å²) in [5, 5.41) is 6.22. The highest BCUT2D eigenvalue weighted by molar-refractivity contribution is 6.21. The Kier molecular flexibility index (Phi) is 2.83. The molecule has 7 heteroatoms. The van der Waals surface area contributed by atoms with Crippen LogP contribution in [0, 0.1) is 6.92 Å². The van der Waals surface area contributed by atoms with Crippen LogP contribution in [0.25, 0.3) is 0 Å². The van der Waals surface area contributed by atoms with E-state index in [1.165, 1.54) is 25.2 Å². The number of aryl methyl sites for hydroxylation is 1. The van der Waals surface area contributed by atoms with Crippen LogP contribution in [0.3, 0.4) is 0 Å². The fourth-order valence-electron chi connectivity index (χ4n) is 2.10. The first-order valence-corrected chi connectivity index (χ1v) is 6.18. The molecule has 1 N–H and O–H groups in total. The van der Waals surface area contributed by atoms with E-state index in [2.05, 4.69) is 10.5 Å². The maximum atomic E-state index is 11.9. The predicted molar refractivity (Wildman–Crippen MR) is 72.1 cm³/mol.